The maximum absolute atomic E-state index is 14.3. The normalized spacial score (nSPS) is 30.2. The molecule has 1 aromatic rings. The molecule has 0 aliphatic carbocycles. The highest BCUT2D eigenvalue weighted by Gasteiger charge is 2.74. The Hall–Kier alpha value is -2.03. The number of halogens is 1. The number of carbonyl (C=O) groups excluding carboxylic acids is 3. The summed E-state index contributed by atoms with van der Waals surface area (Å²) in [6, 6.07) is 5.66. The summed E-state index contributed by atoms with van der Waals surface area (Å²) >= 11 is 7.65. The van der Waals surface area contributed by atoms with Crippen LogP contribution in [0.2, 0.25) is 5.02 Å². The number of aliphatic hydroxyl groups excluding tert-OH is 1. The number of amides is 2. The van der Waals surface area contributed by atoms with E-state index in [0.717, 1.165) is 6.42 Å². The van der Waals surface area contributed by atoms with Crippen molar-refractivity contribution >= 4 is 46.8 Å². The molecule has 0 saturated carbocycles. The zero-order valence-corrected chi connectivity index (χ0v) is 21.1. The fourth-order valence-electron chi connectivity index (χ4n) is 5.90. The lowest BCUT2D eigenvalue weighted by atomic mass is 9.71. The number of rotatable bonds is 9. The van der Waals surface area contributed by atoms with Crippen molar-refractivity contribution < 1.29 is 24.2 Å². The Morgan fingerprint density at radius 1 is 1.38 bits per heavy atom. The smallest absolute Gasteiger partial charge is 0.310 e. The maximum atomic E-state index is 14.3. The first kappa shape index (κ1) is 25.1. The number of benzene rings is 1. The average molecular weight is 507 g/mol. The molecular formula is C25H31ClN2O5S. The van der Waals surface area contributed by atoms with Gasteiger partial charge < -0.3 is 19.6 Å². The Morgan fingerprint density at radius 3 is 2.68 bits per heavy atom. The molecule has 1 N–H and O–H groups in total. The van der Waals surface area contributed by atoms with E-state index >= 15 is 0 Å². The number of hydrogen-bond donors (Lipinski definition) is 1. The largest absolute Gasteiger partial charge is 0.466 e. The predicted octanol–water partition coefficient (Wildman–Crippen LogP) is 3.28. The van der Waals surface area contributed by atoms with Gasteiger partial charge in [-0.3, -0.25) is 14.4 Å². The quantitative estimate of drug-likeness (QED) is 0.408. The summed E-state index contributed by atoms with van der Waals surface area (Å²) in [4.78, 5) is 44.3. The fraction of sp³-hybridized carbons (Fsp3) is 0.560. The van der Waals surface area contributed by atoms with Crippen molar-refractivity contribution in [3.8, 4) is 0 Å². The van der Waals surface area contributed by atoms with E-state index in [1.54, 1.807) is 58.8 Å². The lowest BCUT2D eigenvalue weighted by molar-refractivity contribution is -0.154. The van der Waals surface area contributed by atoms with Crippen molar-refractivity contribution in [2.45, 2.75) is 55.2 Å². The number of carbonyl (C=O) groups is 3. The number of hydrogen-bond acceptors (Lipinski definition) is 6. The average Bonchev–Trinajstić information content (AvgIpc) is 3.47. The van der Waals surface area contributed by atoms with E-state index in [9.17, 15) is 19.5 Å². The number of fused-ring (bicyclic) bond motifs is 1. The summed E-state index contributed by atoms with van der Waals surface area (Å²) in [6.45, 7) is 7.69. The van der Waals surface area contributed by atoms with Crippen LogP contribution in [0.5, 0.6) is 0 Å². The molecule has 2 unspecified atom stereocenters. The standard InChI is InChI=1S/C25H31ClN2O5S/c1-4-13-27(17-9-7-15(26)8-10-17)23(31)21-25-12-11-18(34-25)19(24(32)33-6-3)20(25)22(30)28(21)16(5-2)14-29/h4,7-10,16,18-21,29H,1,5-6,11-14H2,2-3H3/t16-,18+,19-,20-,21?,25?/m0/s1. The van der Waals surface area contributed by atoms with Crippen molar-refractivity contribution in [2.75, 3.05) is 24.7 Å². The highest BCUT2D eigenvalue weighted by molar-refractivity contribution is 8.02. The van der Waals surface area contributed by atoms with E-state index in [2.05, 4.69) is 6.58 Å². The molecule has 34 heavy (non-hydrogen) atoms. The molecule has 184 valence electrons. The highest BCUT2D eigenvalue weighted by Crippen LogP contribution is 2.67. The van der Waals surface area contributed by atoms with Gasteiger partial charge in [-0.25, -0.2) is 0 Å². The zero-order chi connectivity index (χ0) is 24.6. The Kier molecular flexibility index (Phi) is 7.31. The SMILES string of the molecule is C=CCN(C(=O)C1N([C@@H](CC)CO)C(=O)[C@@H]2[C@@H](C(=O)OCC)[C@H]3CCC12S3)c1ccc(Cl)cc1. The molecule has 7 nitrogen and oxygen atoms in total. The topological polar surface area (TPSA) is 87.2 Å². The third kappa shape index (κ3) is 3.84. The van der Waals surface area contributed by atoms with Crippen LogP contribution in [0.1, 0.15) is 33.1 Å². The highest BCUT2D eigenvalue weighted by atomic mass is 35.5. The van der Waals surface area contributed by atoms with Crippen LogP contribution in [0.3, 0.4) is 0 Å². The van der Waals surface area contributed by atoms with Crippen LogP contribution in [0, 0.1) is 11.8 Å². The minimum absolute atomic E-state index is 0.0527. The van der Waals surface area contributed by atoms with Gasteiger partial charge in [-0.1, -0.05) is 24.6 Å². The summed E-state index contributed by atoms with van der Waals surface area (Å²) < 4.78 is 4.62. The molecule has 3 aliphatic rings. The summed E-state index contributed by atoms with van der Waals surface area (Å²) in [7, 11) is 0. The van der Waals surface area contributed by atoms with Crippen molar-refractivity contribution in [3.63, 3.8) is 0 Å². The van der Waals surface area contributed by atoms with Crippen LogP contribution in [-0.4, -0.2) is 69.6 Å². The number of thioether (sulfide) groups is 1. The Balaban J connectivity index is 1.80. The monoisotopic (exact) mass is 506 g/mol. The predicted molar refractivity (Wildman–Crippen MR) is 133 cm³/mol. The number of ether oxygens (including phenoxy) is 1. The molecule has 3 saturated heterocycles. The van der Waals surface area contributed by atoms with Gasteiger partial charge in [-0.05, 0) is 50.5 Å². The van der Waals surface area contributed by atoms with E-state index in [-0.39, 0.29) is 42.8 Å². The van der Waals surface area contributed by atoms with E-state index in [1.165, 1.54) is 0 Å². The van der Waals surface area contributed by atoms with E-state index < -0.39 is 28.7 Å². The van der Waals surface area contributed by atoms with Crippen molar-refractivity contribution in [1.82, 2.24) is 4.90 Å². The van der Waals surface area contributed by atoms with Gasteiger partial charge in [-0.2, -0.15) is 0 Å². The molecular weight excluding hydrogens is 476 g/mol. The second-order valence-corrected chi connectivity index (χ2v) is 11.0. The zero-order valence-electron chi connectivity index (χ0n) is 19.5. The van der Waals surface area contributed by atoms with Gasteiger partial charge in [0.25, 0.3) is 5.91 Å². The Bertz CT molecular complexity index is 969. The van der Waals surface area contributed by atoms with Crippen LogP contribution < -0.4 is 4.90 Å². The third-order valence-electron chi connectivity index (χ3n) is 7.32. The van der Waals surface area contributed by atoms with Crippen LogP contribution in [-0.2, 0) is 19.1 Å². The van der Waals surface area contributed by atoms with Gasteiger partial charge >= 0.3 is 5.97 Å². The molecule has 1 spiro atoms. The number of aliphatic hydroxyl groups is 1. The Labute approximate surface area is 209 Å². The fourth-order valence-corrected chi connectivity index (χ4v) is 8.22. The van der Waals surface area contributed by atoms with Gasteiger partial charge in [0.05, 0.1) is 35.8 Å². The number of nitrogens with zero attached hydrogens (tertiary/aromatic N) is 2. The second kappa shape index (κ2) is 9.91. The molecule has 3 fully saturated rings. The second-order valence-electron chi connectivity index (χ2n) is 9.01. The molecule has 2 bridgehead atoms. The van der Waals surface area contributed by atoms with E-state index in [1.807, 2.05) is 6.92 Å². The van der Waals surface area contributed by atoms with E-state index in [4.69, 9.17) is 16.3 Å². The van der Waals surface area contributed by atoms with Crippen molar-refractivity contribution in [2.24, 2.45) is 11.8 Å². The summed E-state index contributed by atoms with van der Waals surface area (Å²) in [5.74, 6) is -2.05. The van der Waals surface area contributed by atoms with Crippen LogP contribution in [0.4, 0.5) is 5.69 Å². The maximum Gasteiger partial charge on any atom is 0.310 e. The van der Waals surface area contributed by atoms with Crippen LogP contribution in [0.15, 0.2) is 36.9 Å². The first-order valence-corrected chi connectivity index (χ1v) is 13.1. The van der Waals surface area contributed by atoms with Crippen molar-refractivity contribution in [1.29, 1.82) is 0 Å². The number of anilines is 1. The van der Waals surface area contributed by atoms with E-state index in [0.29, 0.717) is 23.6 Å². The van der Waals surface area contributed by atoms with Gasteiger partial charge in [0.2, 0.25) is 5.91 Å². The summed E-state index contributed by atoms with van der Waals surface area (Å²) in [5, 5.41) is 10.6. The van der Waals surface area contributed by atoms with Gasteiger partial charge in [0.1, 0.15) is 6.04 Å². The molecule has 0 radical (unpaired) electrons. The first-order valence-electron chi connectivity index (χ1n) is 11.8. The van der Waals surface area contributed by atoms with Crippen LogP contribution in [0.25, 0.3) is 0 Å². The number of likely N-dealkylation sites (tertiary alicyclic amines) is 1. The van der Waals surface area contributed by atoms with Gasteiger partial charge in [-0.15, -0.1) is 18.3 Å². The molecule has 4 rings (SSSR count). The van der Waals surface area contributed by atoms with Gasteiger partial charge in [0, 0.05) is 22.5 Å². The van der Waals surface area contributed by atoms with Crippen LogP contribution >= 0.6 is 23.4 Å². The molecule has 3 heterocycles. The molecule has 3 aliphatic heterocycles. The summed E-state index contributed by atoms with van der Waals surface area (Å²) in [5.41, 5.74) is 0.651. The molecule has 1 aromatic carbocycles. The number of esters is 1. The minimum Gasteiger partial charge on any atom is -0.466 e. The van der Waals surface area contributed by atoms with Gasteiger partial charge in [0.15, 0.2) is 0 Å². The van der Waals surface area contributed by atoms with Crippen molar-refractivity contribution in [3.05, 3.63) is 41.9 Å². The first-order chi connectivity index (χ1) is 16.3. The summed E-state index contributed by atoms with van der Waals surface area (Å²) in [6.07, 6.45) is 3.54. The lowest BCUT2D eigenvalue weighted by Gasteiger charge is -2.39. The molecule has 9 heteroatoms. The third-order valence-corrected chi connectivity index (χ3v) is 9.53. The minimum atomic E-state index is -0.799. The molecule has 0 aromatic heterocycles. The molecule has 6 atom stereocenters. The lowest BCUT2D eigenvalue weighted by Crippen LogP contribution is -2.57. The molecule has 2 amide bonds. The Morgan fingerprint density at radius 2 is 2.09 bits per heavy atom.